The number of likely N-dealkylation sites (tertiary alicyclic amines) is 1. The maximum atomic E-state index is 13.1. The first-order chi connectivity index (χ1) is 12.7. The van der Waals surface area contributed by atoms with Crippen LogP contribution in [0.25, 0.3) is 5.57 Å². The van der Waals surface area contributed by atoms with E-state index < -0.39 is 0 Å². The zero-order valence-corrected chi connectivity index (χ0v) is 14.7. The van der Waals surface area contributed by atoms with E-state index in [0.717, 1.165) is 31.5 Å². The number of hydrogen-bond donors (Lipinski definition) is 0. The van der Waals surface area contributed by atoms with Gasteiger partial charge < -0.3 is 4.90 Å². The Morgan fingerprint density at radius 1 is 0.962 bits per heavy atom. The van der Waals surface area contributed by atoms with E-state index in [9.17, 15) is 9.18 Å². The normalized spacial score (nSPS) is 17.0. The zero-order valence-electron chi connectivity index (χ0n) is 14.7. The van der Waals surface area contributed by atoms with E-state index in [0.29, 0.717) is 5.56 Å². The lowest BCUT2D eigenvalue weighted by Gasteiger charge is -2.29. The lowest BCUT2D eigenvalue weighted by molar-refractivity contribution is 0.104. The third kappa shape index (κ3) is 3.34. The Bertz CT molecular complexity index is 873. The fourth-order valence-corrected chi connectivity index (χ4v) is 3.92. The van der Waals surface area contributed by atoms with Gasteiger partial charge in [0.25, 0.3) is 0 Å². The Hall–Kier alpha value is -2.68. The minimum absolute atomic E-state index is 0.0960. The number of benzene rings is 2. The van der Waals surface area contributed by atoms with Crippen molar-refractivity contribution in [2.24, 2.45) is 0 Å². The highest BCUT2D eigenvalue weighted by atomic mass is 19.1. The predicted octanol–water partition coefficient (Wildman–Crippen LogP) is 5.02. The molecule has 0 N–H and O–H groups in total. The van der Waals surface area contributed by atoms with Crippen molar-refractivity contribution in [2.75, 3.05) is 13.1 Å². The molecule has 1 aliphatic carbocycles. The van der Waals surface area contributed by atoms with Gasteiger partial charge in [0.2, 0.25) is 0 Å². The minimum Gasteiger partial charge on any atom is -0.374 e. The van der Waals surface area contributed by atoms with Crippen LogP contribution in [0.15, 0.2) is 66.4 Å². The van der Waals surface area contributed by atoms with E-state index in [1.807, 2.05) is 6.08 Å². The molecular weight excluding hydrogens is 325 g/mol. The number of carbonyl (C=O) groups is 1. The summed E-state index contributed by atoms with van der Waals surface area (Å²) < 4.78 is 13.1. The molecule has 0 aromatic heterocycles. The molecule has 1 aliphatic heterocycles. The lowest BCUT2D eigenvalue weighted by atomic mass is 9.87. The second-order valence-electron chi connectivity index (χ2n) is 6.92. The van der Waals surface area contributed by atoms with Gasteiger partial charge in [0.1, 0.15) is 5.82 Å². The van der Waals surface area contributed by atoms with Crippen molar-refractivity contribution >= 4 is 11.4 Å². The molecule has 132 valence electrons. The summed E-state index contributed by atoms with van der Waals surface area (Å²) in [6.45, 7) is 2.20. The van der Waals surface area contributed by atoms with E-state index in [4.69, 9.17) is 0 Å². The van der Waals surface area contributed by atoms with Crippen LogP contribution >= 0.6 is 0 Å². The second-order valence-corrected chi connectivity index (χ2v) is 6.92. The molecule has 0 spiro atoms. The summed E-state index contributed by atoms with van der Waals surface area (Å²) in [4.78, 5) is 15.0. The third-order valence-electron chi connectivity index (χ3n) is 5.27. The van der Waals surface area contributed by atoms with Crippen molar-refractivity contribution < 1.29 is 9.18 Å². The van der Waals surface area contributed by atoms with Crippen molar-refractivity contribution in [3.63, 3.8) is 0 Å². The largest absolute Gasteiger partial charge is 0.374 e. The molecule has 1 heterocycles. The highest BCUT2D eigenvalue weighted by molar-refractivity contribution is 6.06. The van der Waals surface area contributed by atoms with E-state index in [1.165, 1.54) is 53.9 Å². The Morgan fingerprint density at radius 2 is 1.69 bits per heavy atom. The van der Waals surface area contributed by atoms with Crippen molar-refractivity contribution in [1.29, 1.82) is 0 Å². The molecule has 2 aromatic rings. The first-order valence-electron chi connectivity index (χ1n) is 9.27. The molecule has 0 atom stereocenters. The maximum absolute atomic E-state index is 13.1. The summed E-state index contributed by atoms with van der Waals surface area (Å²) in [7, 11) is 0. The molecule has 2 aliphatic rings. The molecule has 2 nitrogen and oxygen atoms in total. The van der Waals surface area contributed by atoms with Crippen LogP contribution in [0.3, 0.4) is 0 Å². The molecule has 1 fully saturated rings. The number of halogens is 1. The van der Waals surface area contributed by atoms with Gasteiger partial charge in [0.05, 0.1) is 0 Å². The topological polar surface area (TPSA) is 20.3 Å². The Balaban J connectivity index is 1.69. The highest BCUT2D eigenvalue weighted by Crippen LogP contribution is 2.35. The van der Waals surface area contributed by atoms with Gasteiger partial charge in [-0.3, -0.25) is 4.79 Å². The molecule has 0 radical (unpaired) electrons. The molecule has 2 aromatic carbocycles. The molecule has 26 heavy (non-hydrogen) atoms. The van der Waals surface area contributed by atoms with Crippen LogP contribution < -0.4 is 0 Å². The van der Waals surface area contributed by atoms with Gasteiger partial charge in [-0.25, -0.2) is 4.39 Å². The van der Waals surface area contributed by atoms with Crippen molar-refractivity contribution in [3.8, 4) is 0 Å². The van der Waals surface area contributed by atoms with Gasteiger partial charge in [-0.15, -0.1) is 0 Å². The molecular formula is C23H22FNO. The third-order valence-corrected chi connectivity index (χ3v) is 5.27. The lowest BCUT2D eigenvalue weighted by Crippen LogP contribution is -2.22. The van der Waals surface area contributed by atoms with E-state index in [-0.39, 0.29) is 11.6 Å². The Labute approximate surface area is 153 Å². The van der Waals surface area contributed by atoms with Gasteiger partial charge in [-0.1, -0.05) is 24.3 Å². The zero-order chi connectivity index (χ0) is 17.9. The number of ketones is 1. The average Bonchev–Trinajstić information content (AvgIpc) is 3.21. The smallest absolute Gasteiger partial charge is 0.185 e. The number of rotatable bonds is 4. The number of carbonyl (C=O) groups excluding carboxylic acids is 1. The van der Waals surface area contributed by atoms with Crippen LogP contribution in [0.1, 0.15) is 40.7 Å². The first-order valence-corrected chi connectivity index (χ1v) is 9.27. The predicted molar refractivity (Wildman–Crippen MR) is 102 cm³/mol. The minimum atomic E-state index is -0.328. The van der Waals surface area contributed by atoms with Crippen LogP contribution in [0, 0.1) is 5.82 Å². The summed E-state index contributed by atoms with van der Waals surface area (Å²) >= 11 is 0. The first kappa shape index (κ1) is 16.8. The standard InChI is InChI=1S/C23H22FNO/c24-19-10-7-18(8-11-19)23(26)14-12-21-20-6-2-1-5-17(20)9-13-22(21)25-15-3-4-16-25/h1-2,5-8,10-12,14H,3-4,9,13,15-16H2. The van der Waals surface area contributed by atoms with Crippen LogP contribution in [-0.4, -0.2) is 23.8 Å². The van der Waals surface area contributed by atoms with Gasteiger partial charge in [-0.05, 0) is 73.2 Å². The van der Waals surface area contributed by atoms with Gasteiger partial charge in [0.15, 0.2) is 5.78 Å². The number of fused-ring (bicyclic) bond motifs is 1. The van der Waals surface area contributed by atoms with Gasteiger partial charge >= 0.3 is 0 Å². The summed E-state index contributed by atoms with van der Waals surface area (Å²) in [5.74, 6) is -0.424. The monoisotopic (exact) mass is 347 g/mol. The van der Waals surface area contributed by atoms with Gasteiger partial charge in [-0.2, -0.15) is 0 Å². The Kier molecular flexibility index (Phi) is 4.70. The number of allylic oxidation sites excluding steroid dienone is 4. The summed E-state index contributed by atoms with van der Waals surface area (Å²) in [6, 6.07) is 14.2. The van der Waals surface area contributed by atoms with E-state index in [2.05, 4.69) is 29.2 Å². The second kappa shape index (κ2) is 7.28. The Morgan fingerprint density at radius 3 is 2.46 bits per heavy atom. The van der Waals surface area contributed by atoms with Crippen molar-refractivity contribution in [3.05, 3.63) is 88.9 Å². The fraction of sp³-hybridized carbons (Fsp3) is 0.261. The van der Waals surface area contributed by atoms with Crippen LogP contribution in [-0.2, 0) is 6.42 Å². The number of aryl methyl sites for hydroxylation is 1. The number of nitrogens with zero attached hydrogens (tertiary/aromatic N) is 1. The van der Waals surface area contributed by atoms with Crippen LogP contribution in [0.2, 0.25) is 0 Å². The van der Waals surface area contributed by atoms with Crippen LogP contribution in [0.5, 0.6) is 0 Å². The molecule has 1 saturated heterocycles. The molecule has 0 bridgehead atoms. The molecule has 3 heteroatoms. The van der Waals surface area contributed by atoms with Crippen molar-refractivity contribution in [2.45, 2.75) is 25.7 Å². The van der Waals surface area contributed by atoms with Crippen LogP contribution in [0.4, 0.5) is 4.39 Å². The summed E-state index contributed by atoms with van der Waals surface area (Å²) in [6.07, 6.45) is 8.11. The SMILES string of the molecule is O=C(C=CC1=C(N2CCCC2)CCc2ccccc21)c1ccc(F)cc1. The molecule has 0 amide bonds. The average molecular weight is 347 g/mol. The molecule has 0 saturated carbocycles. The van der Waals surface area contributed by atoms with E-state index >= 15 is 0 Å². The van der Waals surface area contributed by atoms with E-state index in [1.54, 1.807) is 6.08 Å². The molecule has 4 rings (SSSR count). The summed E-state index contributed by atoms with van der Waals surface area (Å²) in [5.41, 5.74) is 5.58. The summed E-state index contributed by atoms with van der Waals surface area (Å²) in [5, 5.41) is 0. The highest BCUT2D eigenvalue weighted by Gasteiger charge is 2.23. The van der Waals surface area contributed by atoms with Gasteiger partial charge in [0, 0.05) is 29.9 Å². The van der Waals surface area contributed by atoms with Crippen molar-refractivity contribution in [1.82, 2.24) is 4.90 Å². The maximum Gasteiger partial charge on any atom is 0.185 e. The molecule has 0 unspecified atom stereocenters. The number of hydrogen-bond acceptors (Lipinski definition) is 2. The quantitative estimate of drug-likeness (QED) is 0.572. The fourth-order valence-electron chi connectivity index (χ4n) is 3.92.